The first-order valence-electron chi connectivity index (χ1n) is 6.17. The molecule has 0 radical (unpaired) electrons. The molecule has 3 N–H and O–H groups in total. The number of hydrogen-bond donors (Lipinski definition) is 2. The Morgan fingerprint density at radius 2 is 2.37 bits per heavy atom. The zero-order valence-electron chi connectivity index (χ0n) is 11.0. The van der Waals surface area contributed by atoms with Gasteiger partial charge in [-0.25, -0.2) is 9.98 Å². The van der Waals surface area contributed by atoms with Crippen molar-refractivity contribution >= 4 is 29.9 Å². The lowest BCUT2D eigenvalue weighted by molar-refractivity contribution is 0.315. The number of halogens is 1. The lowest BCUT2D eigenvalue weighted by Gasteiger charge is -2.25. The van der Waals surface area contributed by atoms with Crippen molar-refractivity contribution in [3.05, 3.63) is 18.1 Å². The number of ether oxygens (including phenoxy) is 1. The molecule has 0 unspecified atom stereocenters. The summed E-state index contributed by atoms with van der Waals surface area (Å²) in [7, 11) is 1.57. The summed E-state index contributed by atoms with van der Waals surface area (Å²) in [5.74, 6) is 2.35. The van der Waals surface area contributed by atoms with Gasteiger partial charge in [-0.3, -0.25) is 0 Å². The van der Waals surface area contributed by atoms with E-state index in [0.29, 0.717) is 24.2 Å². The molecule has 7 heteroatoms. The van der Waals surface area contributed by atoms with Crippen molar-refractivity contribution in [2.24, 2.45) is 16.6 Å². The first-order valence-corrected chi connectivity index (χ1v) is 6.17. The van der Waals surface area contributed by atoms with Crippen LogP contribution in [0.2, 0.25) is 0 Å². The van der Waals surface area contributed by atoms with Crippen LogP contribution < -0.4 is 15.8 Å². The lowest BCUT2D eigenvalue weighted by Crippen LogP contribution is -2.37. The average Bonchev–Trinajstić information content (AvgIpc) is 2.35. The topological polar surface area (TPSA) is 85.4 Å². The van der Waals surface area contributed by atoms with Gasteiger partial charge in [0, 0.05) is 18.8 Å². The van der Waals surface area contributed by atoms with E-state index in [2.05, 4.69) is 20.3 Å². The third kappa shape index (κ3) is 5.17. The van der Waals surface area contributed by atoms with E-state index in [9.17, 15) is 0 Å². The highest BCUT2D eigenvalue weighted by Gasteiger charge is 2.16. The Hall–Kier alpha value is -1.12. The van der Waals surface area contributed by atoms with Crippen LogP contribution in [-0.4, -0.2) is 29.6 Å². The van der Waals surface area contributed by atoms with E-state index in [-0.39, 0.29) is 24.0 Å². The van der Waals surface area contributed by atoms with E-state index in [1.807, 2.05) is 0 Å². The summed E-state index contributed by atoms with van der Waals surface area (Å²) in [5.41, 5.74) is 5.77. The minimum absolute atomic E-state index is 0. The van der Waals surface area contributed by atoms with Gasteiger partial charge in [-0.2, -0.15) is 4.98 Å². The molecule has 1 aliphatic rings. The van der Waals surface area contributed by atoms with Crippen molar-refractivity contribution in [2.45, 2.75) is 25.8 Å². The fourth-order valence-corrected chi connectivity index (χ4v) is 1.73. The smallest absolute Gasteiger partial charge is 0.216 e. The number of nitrogens with two attached hydrogens (primary N) is 1. The maximum atomic E-state index is 5.77. The first-order chi connectivity index (χ1) is 8.78. The predicted octanol–water partition coefficient (Wildman–Crippen LogP) is 1.31. The van der Waals surface area contributed by atoms with Gasteiger partial charge in [0.05, 0.1) is 7.11 Å². The Labute approximate surface area is 130 Å². The molecule has 0 atom stereocenters. The summed E-state index contributed by atoms with van der Waals surface area (Å²) in [5, 5.41) is 3.12. The normalized spacial score (nSPS) is 15.3. The fourth-order valence-electron chi connectivity index (χ4n) is 1.73. The zero-order chi connectivity index (χ0) is 12.8. The minimum Gasteiger partial charge on any atom is -0.481 e. The van der Waals surface area contributed by atoms with E-state index in [1.54, 1.807) is 19.4 Å². The lowest BCUT2D eigenvalue weighted by atomic mass is 9.85. The number of hydrogen-bond acceptors (Lipinski definition) is 4. The second kappa shape index (κ2) is 8.13. The Kier molecular flexibility index (Phi) is 6.82. The molecule has 106 valence electrons. The molecule has 2 rings (SSSR count). The van der Waals surface area contributed by atoms with E-state index in [0.717, 1.165) is 12.5 Å². The Balaban J connectivity index is 0.00000180. The number of nitrogens with zero attached hydrogens (tertiary/aromatic N) is 3. The van der Waals surface area contributed by atoms with Crippen LogP contribution in [-0.2, 0) is 6.54 Å². The standard InChI is InChI=1S/C12H19N5O.HI/c1-18-11-5-6-14-10(17-11)8-16-12(13)15-7-9-3-2-4-9;/h5-6,9H,2-4,7-8H2,1H3,(H3,13,15,16);1H. The summed E-state index contributed by atoms with van der Waals surface area (Å²) in [6.45, 7) is 1.27. The van der Waals surface area contributed by atoms with Gasteiger partial charge in [0.2, 0.25) is 5.88 Å². The van der Waals surface area contributed by atoms with Gasteiger partial charge in [0.25, 0.3) is 0 Å². The van der Waals surface area contributed by atoms with Crippen molar-refractivity contribution in [3.8, 4) is 5.88 Å². The number of nitrogens with one attached hydrogen (secondary N) is 1. The Morgan fingerprint density at radius 1 is 1.58 bits per heavy atom. The third-order valence-corrected chi connectivity index (χ3v) is 3.08. The molecule has 0 spiro atoms. The van der Waals surface area contributed by atoms with Crippen LogP contribution in [0.4, 0.5) is 0 Å². The average molecular weight is 377 g/mol. The summed E-state index contributed by atoms with van der Waals surface area (Å²) in [6.07, 6.45) is 5.56. The number of methoxy groups -OCH3 is 1. The molecule has 1 fully saturated rings. The molecule has 1 aliphatic carbocycles. The molecule has 0 aromatic carbocycles. The number of aromatic nitrogens is 2. The monoisotopic (exact) mass is 377 g/mol. The molecule has 19 heavy (non-hydrogen) atoms. The van der Waals surface area contributed by atoms with Crippen LogP contribution in [0.1, 0.15) is 25.1 Å². The summed E-state index contributed by atoms with van der Waals surface area (Å²) < 4.78 is 5.02. The molecule has 1 aromatic heterocycles. The van der Waals surface area contributed by atoms with Crippen molar-refractivity contribution in [2.75, 3.05) is 13.7 Å². The van der Waals surface area contributed by atoms with Gasteiger partial charge < -0.3 is 15.8 Å². The fraction of sp³-hybridized carbons (Fsp3) is 0.583. The van der Waals surface area contributed by atoms with Crippen LogP contribution in [0.5, 0.6) is 5.88 Å². The maximum Gasteiger partial charge on any atom is 0.216 e. The molecular formula is C12H20IN5O. The van der Waals surface area contributed by atoms with Crippen molar-refractivity contribution in [1.82, 2.24) is 15.3 Å². The quantitative estimate of drug-likeness (QED) is 0.459. The van der Waals surface area contributed by atoms with Gasteiger partial charge in [-0.15, -0.1) is 24.0 Å². The van der Waals surface area contributed by atoms with Gasteiger partial charge in [0.1, 0.15) is 6.54 Å². The molecule has 1 heterocycles. The minimum atomic E-state index is 0. The number of aliphatic imine (C=N–C) groups is 1. The predicted molar refractivity (Wildman–Crippen MR) is 84.7 cm³/mol. The largest absolute Gasteiger partial charge is 0.481 e. The summed E-state index contributed by atoms with van der Waals surface area (Å²) >= 11 is 0. The third-order valence-electron chi connectivity index (χ3n) is 3.08. The van der Waals surface area contributed by atoms with Crippen LogP contribution in [0.25, 0.3) is 0 Å². The Morgan fingerprint density at radius 3 is 3.00 bits per heavy atom. The summed E-state index contributed by atoms with van der Waals surface area (Å²) in [6, 6.07) is 1.70. The second-order valence-corrected chi connectivity index (χ2v) is 4.39. The molecule has 1 aromatic rings. The van der Waals surface area contributed by atoms with Crippen molar-refractivity contribution in [1.29, 1.82) is 0 Å². The molecule has 0 bridgehead atoms. The van der Waals surface area contributed by atoms with Crippen LogP contribution in [0, 0.1) is 5.92 Å². The van der Waals surface area contributed by atoms with Crippen molar-refractivity contribution in [3.63, 3.8) is 0 Å². The van der Waals surface area contributed by atoms with E-state index < -0.39 is 0 Å². The zero-order valence-corrected chi connectivity index (χ0v) is 13.3. The summed E-state index contributed by atoms with van der Waals surface area (Å²) in [4.78, 5) is 12.5. The van der Waals surface area contributed by atoms with E-state index in [4.69, 9.17) is 10.5 Å². The Bertz CT molecular complexity index is 422. The second-order valence-electron chi connectivity index (χ2n) is 4.39. The highest BCUT2D eigenvalue weighted by molar-refractivity contribution is 14.0. The van der Waals surface area contributed by atoms with Gasteiger partial charge in [-0.05, 0) is 18.8 Å². The molecular weight excluding hydrogens is 357 g/mol. The molecule has 1 saturated carbocycles. The van der Waals surface area contributed by atoms with E-state index in [1.165, 1.54) is 19.3 Å². The SMILES string of the molecule is COc1ccnc(CN=C(N)NCC2CCC2)n1.I. The van der Waals surface area contributed by atoms with Crippen LogP contribution in [0.15, 0.2) is 17.3 Å². The van der Waals surface area contributed by atoms with Crippen molar-refractivity contribution < 1.29 is 4.74 Å². The molecule has 6 nitrogen and oxygen atoms in total. The first kappa shape index (κ1) is 15.9. The van der Waals surface area contributed by atoms with Crippen LogP contribution >= 0.6 is 24.0 Å². The van der Waals surface area contributed by atoms with Gasteiger partial charge in [-0.1, -0.05) is 6.42 Å². The highest BCUT2D eigenvalue weighted by Crippen LogP contribution is 2.24. The van der Waals surface area contributed by atoms with E-state index >= 15 is 0 Å². The van der Waals surface area contributed by atoms with Gasteiger partial charge in [0.15, 0.2) is 11.8 Å². The van der Waals surface area contributed by atoms with Gasteiger partial charge >= 0.3 is 0 Å². The van der Waals surface area contributed by atoms with Crippen LogP contribution in [0.3, 0.4) is 0 Å². The molecule has 0 saturated heterocycles. The highest BCUT2D eigenvalue weighted by atomic mass is 127. The molecule has 0 amide bonds. The maximum absolute atomic E-state index is 5.77. The molecule has 0 aliphatic heterocycles. The number of rotatable bonds is 5. The number of guanidine groups is 1.